The molecular weight excluding hydrogens is 440 g/mol. The van der Waals surface area contributed by atoms with Gasteiger partial charge in [-0.05, 0) is 55.2 Å². The number of carbonyl (C=O) groups is 2. The Hall–Kier alpha value is -3.75. The minimum absolute atomic E-state index is 0.0220. The first kappa shape index (κ1) is 23.4. The van der Waals surface area contributed by atoms with Crippen molar-refractivity contribution >= 4 is 11.9 Å². The molecular formula is C25H27F2N5O2. The average Bonchev–Trinajstić information content (AvgIpc) is 3.38. The summed E-state index contributed by atoms with van der Waals surface area (Å²) in [6.45, 7) is 2.82. The molecule has 0 aliphatic carbocycles. The van der Waals surface area contributed by atoms with Crippen LogP contribution in [0.15, 0.2) is 54.9 Å². The lowest BCUT2D eigenvalue weighted by molar-refractivity contribution is -0.126. The number of benzene rings is 2. The summed E-state index contributed by atoms with van der Waals surface area (Å²) >= 11 is 0. The first-order chi connectivity index (χ1) is 16.4. The predicted molar refractivity (Wildman–Crippen MR) is 123 cm³/mol. The molecule has 0 radical (unpaired) electrons. The van der Waals surface area contributed by atoms with Crippen LogP contribution in [0, 0.1) is 24.5 Å². The number of hydrogen-bond acceptors (Lipinski definition) is 3. The number of rotatable bonds is 6. The van der Waals surface area contributed by atoms with E-state index in [0.717, 1.165) is 0 Å². The Morgan fingerprint density at radius 3 is 2.53 bits per heavy atom. The second-order valence-corrected chi connectivity index (χ2v) is 8.41. The predicted octanol–water partition coefficient (Wildman–Crippen LogP) is 3.70. The highest BCUT2D eigenvalue weighted by Crippen LogP contribution is 2.20. The number of aryl methyl sites for hydroxylation is 1. The summed E-state index contributed by atoms with van der Waals surface area (Å²) in [5.41, 5.74) is 2.18. The number of nitrogens with zero attached hydrogens (tertiary/aromatic N) is 3. The summed E-state index contributed by atoms with van der Waals surface area (Å²) in [6, 6.07) is 11.0. The zero-order chi connectivity index (χ0) is 24.1. The van der Waals surface area contributed by atoms with Crippen molar-refractivity contribution in [1.82, 2.24) is 25.3 Å². The van der Waals surface area contributed by atoms with Gasteiger partial charge >= 0.3 is 6.03 Å². The standard InChI is InChI=1S/C25H27F2N5O2/c1-17-6-7-18(14-22(17)27)15-28-24(33)19-8-12-31(13-9-19)25(34)29-16-20-21(26)4-2-5-23(20)32-11-3-10-30-32/h2-7,10-11,14,19H,8-9,12-13,15-16H2,1H3,(H,28,33)(H,29,34). The molecule has 0 saturated carbocycles. The third-order valence-corrected chi connectivity index (χ3v) is 6.12. The van der Waals surface area contributed by atoms with Crippen molar-refractivity contribution in [2.45, 2.75) is 32.9 Å². The van der Waals surface area contributed by atoms with Crippen molar-refractivity contribution in [2.24, 2.45) is 5.92 Å². The van der Waals surface area contributed by atoms with Crippen LogP contribution in [0.25, 0.3) is 5.69 Å². The molecule has 2 aromatic carbocycles. The van der Waals surface area contributed by atoms with Crippen LogP contribution in [0.4, 0.5) is 13.6 Å². The SMILES string of the molecule is Cc1ccc(CNC(=O)C2CCN(C(=O)NCc3c(F)cccc3-n3cccn3)CC2)cc1F. The molecule has 0 bridgehead atoms. The normalized spacial score (nSPS) is 14.1. The van der Waals surface area contributed by atoms with Crippen LogP contribution < -0.4 is 10.6 Å². The van der Waals surface area contributed by atoms with E-state index in [1.165, 1.54) is 12.1 Å². The molecule has 1 aliphatic rings. The smallest absolute Gasteiger partial charge is 0.317 e. The van der Waals surface area contributed by atoms with Crippen LogP contribution in [0.1, 0.15) is 29.5 Å². The molecule has 1 aromatic heterocycles. The van der Waals surface area contributed by atoms with E-state index in [2.05, 4.69) is 15.7 Å². The number of nitrogens with one attached hydrogen (secondary N) is 2. The number of aromatic nitrogens is 2. The number of amides is 3. The fourth-order valence-corrected chi connectivity index (χ4v) is 4.05. The highest BCUT2D eigenvalue weighted by molar-refractivity contribution is 5.79. The molecule has 178 valence electrons. The zero-order valence-electron chi connectivity index (χ0n) is 18.9. The van der Waals surface area contributed by atoms with E-state index in [1.807, 2.05) is 0 Å². The largest absolute Gasteiger partial charge is 0.352 e. The molecule has 9 heteroatoms. The monoisotopic (exact) mass is 467 g/mol. The molecule has 1 aliphatic heterocycles. The van der Waals surface area contributed by atoms with Gasteiger partial charge in [0.05, 0.1) is 5.69 Å². The number of piperidine rings is 1. The minimum Gasteiger partial charge on any atom is -0.352 e. The second-order valence-electron chi connectivity index (χ2n) is 8.41. The van der Waals surface area contributed by atoms with Crippen LogP contribution in [0.5, 0.6) is 0 Å². The van der Waals surface area contributed by atoms with Gasteiger partial charge in [-0.3, -0.25) is 4.79 Å². The topological polar surface area (TPSA) is 79.3 Å². The van der Waals surface area contributed by atoms with Crippen molar-refractivity contribution in [3.05, 3.63) is 83.2 Å². The highest BCUT2D eigenvalue weighted by Gasteiger charge is 2.27. The van der Waals surface area contributed by atoms with Gasteiger partial charge in [0.15, 0.2) is 0 Å². The van der Waals surface area contributed by atoms with Crippen LogP contribution >= 0.6 is 0 Å². The second kappa shape index (κ2) is 10.5. The number of carbonyl (C=O) groups excluding carboxylic acids is 2. The van der Waals surface area contributed by atoms with Gasteiger partial charge in [0.1, 0.15) is 11.6 Å². The quantitative estimate of drug-likeness (QED) is 0.580. The van der Waals surface area contributed by atoms with E-state index in [9.17, 15) is 18.4 Å². The molecule has 1 saturated heterocycles. The molecule has 0 atom stereocenters. The van der Waals surface area contributed by atoms with Gasteiger partial charge < -0.3 is 15.5 Å². The Morgan fingerprint density at radius 1 is 1.03 bits per heavy atom. The summed E-state index contributed by atoms with van der Waals surface area (Å²) in [6.07, 6.45) is 4.37. The Balaban J connectivity index is 1.26. The first-order valence-corrected chi connectivity index (χ1v) is 11.3. The first-order valence-electron chi connectivity index (χ1n) is 11.3. The summed E-state index contributed by atoms with van der Waals surface area (Å²) in [5, 5.41) is 9.78. The Kier molecular flexibility index (Phi) is 7.20. The third-order valence-electron chi connectivity index (χ3n) is 6.12. The minimum atomic E-state index is -0.419. The summed E-state index contributed by atoms with van der Waals surface area (Å²) < 4.78 is 29.7. The van der Waals surface area contributed by atoms with Crippen LogP contribution in [0.2, 0.25) is 0 Å². The van der Waals surface area contributed by atoms with Gasteiger partial charge in [0.25, 0.3) is 0 Å². The molecule has 3 aromatic rings. The van der Waals surface area contributed by atoms with Crippen molar-refractivity contribution in [2.75, 3.05) is 13.1 Å². The van der Waals surface area contributed by atoms with E-state index in [-0.39, 0.29) is 36.8 Å². The highest BCUT2D eigenvalue weighted by atomic mass is 19.1. The molecule has 1 fully saturated rings. The van der Waals surface area contributed by atoms with Gasteiger partial charge in [0.2, 0.25) is 5.91 Å². The molecule has 0 unspecified atom stereocenters. The van der Waals surface area contributed by atoms with Crippen LogP contribution in [-0.2, 0) is 17.9 Å². The summed E-state index contributed by atoms with van der Waals surface area (Å²) in [7, 11) is 0. The molecule has 7 nitrogen and oxygen atoms in total. The summed E-state index contributed by atoms with van der Waals surface area (Å²) in [4.78, 5) is 26.8. The Bertz CT molecular complexity index is 1160. The van der Waals surface area contributed by atoms with Crippen molar-refractivity contribution in [3.8, 4) is 5.69 Å². The zero-order valence-corrected chi connectivity index (χ0v) is 18.9. The fraction of sp³-hybridized carbons (Fsp3) is 0.320. The molecule has 0 spiro atoms. The van der Waals surface area contributed by atoms with Crippen molar-refractivity contribution < 1.29 is 18.4 Å². The molecule has 3 amide bonds. The van der Waals surface area contributed by atoms with Crippen molar-refractivity contribution in [3.63, 3.8) is 0 Å². The third kappa shape index (κ3) is 5.41. The maximum Gasteiger partial charge on any atom is 0.317 e. The van der Waals surface area contributed by atoms with E-state index < -0.39 is 5.82 Å². The molecule has 4 rings (SSSR count). The van der Waals surface area contributed by atoms with E-state index >= 15 is 0 Å². The lowest BCUT2D eigenvalue weighted by Crippen LogP contribution is -2.46. The molecule has 34 heavy (non-hydrogen) atoms. The van der Waals surface area contributed by atoms with Crippen molar-refractivity contribution in [1.29, 1.82) is 0 Å². The van der Waals surface area contributed by atoms with E-state index in [0.29, 0.717) is 48.3 Å². The number of urea groups is 1. The van der Waals surface area contributed by atoms with Gasteiger partial charge in [-0.15, -0.1) is 0 Å². The Morgan fingerprint density at radius 2 is 1.82 bits per heavy atom. The molecule has 2 heterocycles. The van der Waals surface area contributed by atoms with E-state index in [4.69, 9.17) is 0 Å². The lowest BCUT2D eigenvalue weighted by Gasteiger charge is -2.31. The maximum absolute atomic E-state index is 14.4. The Labute approximate surface area is 196 Å². The van der Waals surface area contributed by atoms with Crippen LogP contribution in [-0.4, -0.2) is 39.7 Å². The van der Waals surface area contributed by atoms with E-state index in [1.54, 1.807) is 59.2 Å². The number of likely N-dealkylation sites (tertiary alicyclic amines) is 1. The van der Waals surface area contributed by atoms with Crippen LogP contribution in [0.3, 0.4) is 0 Å². The lowest BCUT2D eigenvalue weighted by atomic mass is 9.96. The maximum atomic E-state index is 14.4. The molecule has 2 N–H and O–H groups in total. The van der Waals surface area contributed by atoms with Gasteiger partial charge in [0, 0.05) is 50.1 Å². The van der Waals surface area contributed by atoms with Gasteiger partial charge in [-0.1, -0.05) is 18.2 Å². The number of halogens is 2. The van der Waals surface area contributed by atoms with Gasteiger partial charge in [-0.2, -0.15) is 5.10 Å². The van der Waals surface area contributed by atoms with Gasteiger partial charge in [-0.25, -0.2) is 18.3 Å². The number of hydrogen-bond donors (Lipinski definition) is 2. The fourth-order valence-electron chi connectivity index (χ4n) is 4.05. The average molecular weight is 468 g/mol. The summed E-state index contributed by atoms with van der Waals surface area (Å²) in [5.74, 6) is -1.02.